The van der Waals surface area contributed by atoms with E-state index in [1.165, 1.54) is 11.1 Å². The molecule has 1 aliphatic carbocycles. The molecule has 1 atom stereocenters. The van der Waals surface area contributed by atoms with E-state index in [1.807, 2.05) is 35.5 Å². The van der Waals surface area contributed by atoms with Crippen LogP contribution in [0.25, 0.3) is 16.2 Å². The number of aromatic nitrogens is 3. The molecule has 1 aliphatic rings. The van der Waals surface area contributed by atoms with Crippen molar-refractivity contribution in [3.8, 4) is 10.6 Å². The summed E-state index contributed by atoms with van der Waals surface area (Å²) in [4.78, 5) is 20.8. The molecule has 0 aliphatic heterocycles. The maximum absolute atomic E-state index is 13.4. The average Bonchev–Trinajstić information content (AvgIpc) is 3.42. The van der Waals surface area contributed by atoms with Gasteiger partial charge in [-0.05, 0) is 47.9 Å². The first-order valence-corrected chi connectivity index (χ1v) is 10.3. The lowest BCUT2D eigenvalue weighted by molar-refractivity contribution is 0.0717. The number of aryl methyl sites for hydroxylation is 1. The van der Waals surface area contributed by atoms with Crippen molar-refractivity contribution in [3.63, 3.8) is 0 Å². The predicted octanol–water partition coefficient (Wildman–Crippen LogP) is 4.61. The van der Waals surface area contributed by atoms with E-state index in [0.29, 0.717) is 11.2 Å². The standard InChI is InChI=1S/C22H20N4OS/c1-25(18-9-4-7-15-6-2-3-8-16(15)18)22(27)17-14-24-26-19(11-12-23-21(17)26)20-10-5-13-28-20/h2-3,5-6,8,10-14,18H,4,7,9H2,1H3/t18-/m1/s1. The molecule has 3 aromatic heterocycles. The zero-order valence-electron chi connectivity index (χ0n) is 15.6. The molecule has 140 valence electrons. The van der Waals surface area contributed by atoms with Crippen LogP contribution in [0.1, 0.15) is 40.4 Å². The van der Waals surface area contributed by atoms with Crippen molar-refractivity contribution < 1.29 is 4.79 Å². The Morgan fingerprint density at radius 2 is 2.11 bits per heavy atom. The van der Waals surface area contributed by atoms with Crippen molar-refractivity contribution in [2.75, 3.05) is 7.05 Å². The Morgan fingerprint density at radius 1 is 1.21 bits per heavy atom. The Hall–Kier alpha value is -2.99. The summed E-state index contributed by atoms with van der Waals surface area (Å²) in [5, 5.41) is 6.51. The zero-order chi connectivity index (χ0) is 19.1. The Morgan fingerprint density at radius 3 is 2.96 bits per heavy atom. The highest BCUT2D eigenvalue weighted by atomic mass is 32.1. The van der Waals surface area contributed by atoms with Gasteiger partial charge in [-0.25, -0.2) is 9.50 Å². The van der Waals surface area contributed by atoms with Gasteiger partial charge in [0, 0.05) is 13.2 Å². The molecular weight excluding hydrogens is 368 g/mol. The third kappa shape index (κ3) is 2.72. The van der Waals surface area contributed by atoms with Crippen molar-refractivity contribution in [3.05, 3.63) is 76.9 Å². The quantitative estimate of drug-likeness (QED) is 0.515. The largest absolute Gasteiger partial charge is 0.334 e. The fraction of sp³-hybridized carbons (Fsp3) is 0.227. The second-order valence-electron chi connectivity index (χ2n) is 7.12. The molecule has 4 aromatic rings. The molecule has 1 amide bonds. The molecule has 0 unspecified atom stereocenters. The number of benzene rings is 1. The minimum Gasteiger partial charge on any atom is -0.334 e. The van der Waals surface area contributed by atoms with Crippen LogP contribution in [-0.4, -0.2) is 32.5 Å². The third-order valence-corrected chi connectivity index (χ3v) is 6.42. The number of carbonyl (C=O) groups excluding carboxylic acids is 1. The van der Waals surface area contributed by atoms with E-state index in [-0.39, 0.29) is 11.9 Å². The first kappa shape index (κ1) is 17.1. The number of carbonyl (C=O) groups is 1. The minimum absolute atomic E-state index is 0.0347. The lowest BCUT2D eigenvalue weighted by Gasteiger charge is -2.33. The number of hydrogen-bond donors (Lipinski definition) is 0. The molecule has 5 nitrogen and oxygen atoms in total. The van der Waals surface area contributed by atoms with E-state index < -0.39 is 0 Å². The van der Waals surface area contributed by atoms with Crippen LogP contribution in [0.15, 0.2) is 60.2 Å². The van der Waals surface area contributed by atoms with Crippen LogP contribution in [0.2, 0.25) is 0 Å². The van der Waals surface area contributed by atoms with E-state index in [9.17, 15) is 4.79 Å². The fourth-order valence-corrected chi connectivity index (χ4v) is 4.85. The summed E-state index contributed by atoms with van der Waals surface area (Å²) in [6.45, 7) is 0. The van der Waals surface area contributed by atoms with Crippen LogP contribution in [-0.2, 0) is 6.42 Å². The van der Waals surface area contributed by atoms with E-state index in [4.69, 9.17) is 0 Å². The van der Waals surface area contributed by atoms with Crippen LogP contribution >= 0.6 is 11.3 Å². The van der Waals surface area contributed by atoms with E-state index in [0.717, 1.165) is 29.8 Å². The van der Waals surface area contributed by atoms with Gasteiger partial charge in [0.1, 0.15) is 5.56 Å². The summed E-state index contributed by atoms with van der Waals surface area (Å²) in [5.74, 6) is -0.0347. The minimum atomic E-state index is -0.0347. The Bertz CT molecular complexity index is 1150. The van der Waals surface area contributed by atoms with E-state index in [2.05, 4.69) is 34.3 Å². The highest BCUT2D eigenvalue weighted by Crippen LogP contribution is 2.34. The molecule has 0 N–H and O–H groups in total. The monoisotopic (exact) mass is 388 g/mol. The van der Waals surface area contributed by atoms with Crippen molar-refractivity contribution in [1.82, 2.24) is 19.5 Å². The number of nitrogens with zero attached hydrogens (tertiary/aromatic N) is 4. The lowest BCUT2D eigenvalue weighted by Crippen LogP contribution is -2.33. The average molecular weight is 388 g/mol. The molecule has 0 fully saturated rings. The van der Waals surface area contributed by atoms with E-state index >= 15 is 0 Å². The molecule has 6 heteroatoms. The van der Waals surface area contributed by atoms with Crippen molar-refractivity contribution in [2.45, 2.75) is 25.3 Å². The summed E-state index contributed by atoms with van der Waals surface area (Å²) in [7, 11) is 1.89. The highest BCUT2D eigenvalue weighted by Gasteiger charge is 2.29. The molecule has 0 radical (unpaired) electrons. The van der Waals surface area contributed by atoms with Gasteiger partial charge in [0.15, 0.2) is 5.65 Å². The first-order chi connectivity index (χ1) is 13.7. The first-order valence-electron chi connectivity index (χ1n) is 9.45. The molecule has 0 bridgehead atoms. The predicted molar refractivity (Wildman–Crippen MR) is 111 cm³/mol. The molecule has 0 spiro atoms. The summed E-state index contributed by atoms with van der Waals surface area (Å²) in [6.07, 6.45) is 6.55. The van der Waals surface area contributed by atoms with Crippen molar-refractivity contribution in [1.29, 1.82) is 0 Å². The maximum atomic E-state index is 13.4. The zero-order valence-corrected chi connectivity index (χ0v) is 16.4. The van der Waals surface area contributed by atoms with Gasteiger partial charge in [0.05, 0.1) is 22.8 Å². The Kier molecular flexibility index (Phi) is 4.20. The smallest absolute Gasteiger partial charge is 0.259 e. The van der Waals surface area contributed by atoms with Crippen LogP contribution in [0.5, 0.6) is 0 Å². The van der Waals surface area contributed by atoms with Crippen LogP contribution < -0.4 is 0 Å². The van der Waals surface area contributed by atoms with Gasteiger partial charge in [-0.15, -0.1) is 11.3 Å². The molecule has 5 rings (SSSR count). The number of rotatable bonds is 3. The van der Waals surface area contributed by atoms with Crippen molar-refractivity contribution in [2.24, 2.45) is 0 Å². The van der Waals surface area contributed by atoms with Gasteiger partial charge in [-0.2, -0.15) is 5.10 Å². The number of thiophene rings is 1. The summed E-state index contributed by atoms with van der Waals surface area (Å²) >= 11 is 1.65. The second kappa shape index (κ2) is 6.87. The van der Waals surface area contributed by atoms with E-state index in [1.54, 1.807) is 28.2 Å². The Balaban J connectivity index is 1.53. The molecular formula is C22H20N4OS. The van der Waals surface area contributed by atoms with Crippen LogP contribution in [0.4, 0.5) is 0 Å². The normalized spacial score (nSPS) is 16.1. The molecule has 0 saturated carbocycles. The van der Waals surface area contributed by atoms with Gasteiger partial charge < -0.3 is 4.90 Å². The summed E-state index contributed by atoms with van der Waals surface area (Å²) < 4.78 is 1.77. The third-order valence-electron chi connectivity index (χ3n) is 5.53. The van der Waals surface area contributed by atoms with Gasteiger partial charge >= 0.3 is 0 Å². The summed E-state index contributed by atoms with van der Waals surface area (Å²) in [6, 6.07) is 14.5. The number of fused-ring (bicyclic) bond motifs is 2. The second-order valence-corrected chi connectivity index (χ2v) is 8.07. The summed E-state index contributed by atoms with van der Waals surface area (Å²) in [5.41, 5.74) is 4.70. The molecule has 0 saturated heterocycles. The maximum Gasteiger partial charge on any atom is 0.259 e. The fourth-order valence-electron chi connectivity index (χ4n) is 4.12. The number of hydrogen-bond acceptors (Lipinski definition) is 4. The highest BCUT2D eigenvalue weighted by molar-refractivity contribution is 7.13. The molecule has 1 aromatic carbocycles. The van der Waals surface area contributed by atoms with Gasteiger partial charge in [0.2, 0.25) is 0 Å². The Labute approximate surface area is 167 Å². The van der Waals surface area contributed by atoms with Crippen LogP contribution in [0, 0.1) is 0 Å². The molecule has 3 heterocycles. The van der Waals surface area contributed by atoms with Crippen LogP contribution in [0.3, 0.4) is 0 Å². The van der Waals surface area contributed by atoms with Gasteiger partial charge in [-0.1, -0.05) is 30.3 Å². The lowest BCUT2D eigenvalue weighted by atomic mass is 9.87. The van der Waals surface area contributed by atoms with Gasteiger partial charge in [0.25, 0.3) is 5.91 Å². The topological polar surface area (TPSA) is 50.5 Å². The molecule has 28 heavy (non-hydrogen) atoms. The van der Waals surface area contributed by atoms with Gasteiger partial charge in [-0.3, -0.25) is 4.79 Å². The number of amides is 1. The van der Waals surface area contributed by atoms with Crippen molar-refractivity contribution >= 4 is 22.9 Å². The SMILES string of the molecule is CN(C(=O)c1cnn2c(-c3cccs3)ccnc12)[C@@H]1CCCc2ccccc21.